The zero-order valence-corrected chi connectivity index (χ0v) is 33.1. The SMILES string of the molecule is CC(C)N1C(=O)C2C3CC(C(OC(=O)C45CC6CC(C4)C4(OCC(F)(F)C(F)(F)CO4)C(C6)C5)C31)C2C(=O)O[CH-]C(F)(F)S(=O)(=O)[O-].[Rf]. The van der Waals surface area contributed by atoms with E-state index in [1.807, 2.05) is 0 Å². The van der Waals surface area contributed by atoms with Gasteiger partial charge < -0.3 is 28.4 Å². The van der Waals surface area contributed by atoms with Gasteiger partial charge in [0.1, 0.15) is 29.4 Å². The van der Waals surface area contributed by atoms with Crippen molar-refractivity contribution in [3.8, 4) is 0 Å². The van der Waals surface area contributed by atoms with Crippen molar-refractivity contribution in [3.63, 3.8) is 0 Å². The normalized spacial score (nSPS) is 41.4. The first-order valence-electron chi connectivity index (χ1n) is 15.6. The van der Waals surface area contributed by atoms with Gasteiger partial charge >= 0.3 is 17.8 Å². The summed E-state index contributed by atoms with van der Waals surface area (Å²) in [6, 6.07) is -1.05. The molecule has 2 heterocycles. The third kappa shape index (κ3) is 4.58. The summed E-state index contributed by atoms with van der Waals surface area (Å²) >= 11 is 0. The van der Waals surface area contributed by atoms with Crippen molar-refractivity contribution in [2.45, 2.75) is 93.4 Å². The van der Waals surface area contributed by atoms with E-state index >= 15 is 0 Å². The molecule has 8 aliphatic rings. The Morgan fingerprint density at radius 1 is 1.00 bits per heavy atom. The predicted molar refractivity (Wildman–Crippen MR) is 140 cm³/mol. The summed E-state index contributed by atoms with van der Waals surface area (Å²) in [4.78, 5) is 42.3. The summed E-state index contributed by atoms with van der Waals surface area (Å²) in [6.07, 6.45) is 0.430. The zero-order valence-electron chi connectivity index (χ0n) is 25.9. The Morgan fingerprint density at radius 2 is 1.56 bits per heavy atom. The van der Waals surface area contributed by atoms with E-state index in [0.717, 1.165) is 0 Å². The fourth-order valence-corrected chi connectivity index (χ4v) is 10.4. The maximum atomic E-state index is 14.2. The number of carbonyl (C=O) groups excluding carboxylic acids is 3. The van der Waals surface area contributed by atoms with Gasteiger partial charge in [-0.15, -0.1) is 0 Å². The van der Waals surface area contributed by atoms with Crippen LogP contribution in [0, 0.1) is 53.4 Å². The minimum atomic E-state index is -6.20. The monoisotopic (exact) mass is 968 g/mol. The van der Waals surface area contributed by atoms with Crippen LogP contribution in [0.5, 0.6) is 0 Å². The van der Waals surface area contributed by atoms with Gasteiger partial charge in [-0.05, 0) is 64.2 Å². The number of rotatable bonds is 7. The quantitative estimate of drug-likeness (QED) is 0.162. The van der Waals surface area contributed by atoms with E-state index < -0.39 is 130 Å². The van der Waals surface area contributed by atoms with Crippen molar-refractivity contribution in [1.82, 2.24) is 4.90 Å². The first kappa shape index (κ1) is 34.7. The van der Waals surface area contributed by atoms with Crippen LogP contribution in [-0.4, -0.2) is 90.0 Å². The van der Waals surface area contributed by atoms with Crippen molar-refractivity contribution >= 4 is 28.0 Å². The molecule has 6 aliphatic carbocycles. The molecule has 8 atom stereocenters. The van der Waals surface area contributed by atoms with Crippen molar-refractivity contribution in [2.75, 3.05) is 13.2 Å². The molecule has 266 valence electrons. The number of ether oxygens (including phenoxy) is 4. The van der Waals surface area contributed by atoms with Crippen LogP contribution in [0.1, 0.15) is 52.4 Å². The van der Waals surface area contributed by atoms with Gasteiger partial charge in [-0.1, -0.05) is 6.61 Å². The molecule has 8 fully saturated rings. The number of amides is 1. The third-order valence-electron chi connectivity index (χ3n) is 11.9. The number of likely N-dealkylation sites (tertiary alicyclic amines) is 1. The molecule has 0 aromatic heterocycles. The number of nitrogens with zero attached hydrogens (tertiary/aromatic N) is 1. The van der Waals surface area contributed by atoms with Gasteiger partial charge in [0, 0.05) is 23.8 Å². The molecular formula is C29H33F6NO10RfS-2. The molecule has 0 aromatic rings. The van der Waals surface area contributed by atoms with E-state index in [1.54, 1.807) is 13.8 Å². The van der Waals surface area contributed by atoms with Crippen molar-refractivity contribution in [2.24, 2.45) is 46.8 Å². The van der Waals surface area contributed by atoms with Crippen LogP contribution >= 0.6 is 0 Å². The number of esters is 2. The van der Waals surface area contributed by atoms with Crippen LogP contribution in [0.3, 0.4) is 0 Å². The maximum absolute atomic E-state index is 14.2. The summed E-state index contributed by atoms with van der Waals surface area (Å²) in [7, 11) is -6.20. The van der Waals surface area contributed by atoms with Gasteiger partial charge in [0.05, 0.1) is 23.3 Å². The van der Waals surface area contributed by atoms with Gasteiger partial charge in [0.2, 0.25) is 5.91 Å². The largest absolute Gasteiger partial charge is 0.746 e. The average Bonchev–Trinajstić information content (AvgIpc) is 3.55. The van der Waals surface area contributed by atoms with Crippen molar-refractivity contribution in [3.05, 3.63) is 6.61 Å². The summed E-state index contributed by atoms with van der Waals surface area (Å²) in [6.45, 7) is -0.314. The molecule has 6 saturated carbocycles. The first-order valence-corrected chi connectivity index (χ1v) is 17.0. The molecule has 8 unspecified atom stereocenters. The van der Waals surface area contributed by atoms with Crippen LogP contribution in [0.4, 0.5) is 26.3 Å². The topological polar surface area (TPSA) is 149 Å². The van der Waals surface area contributed by atoms with Gasteiger partial charge in [-0.3, -0.25) is 14.4 Å². The minimum Gasteiger partial charge on any atom is -0.746 e. The number of hydrogen-bond donors (Lipinski definition) is 0. The molecule has 19 heteroatoms. The number of halogens is 6. The fourth-order valence-electron chi connectivity index (χ4n) is 10.2. The Balaban J connectivity index is 0.00000401. The van der Waals surface area contributed by atoms with Crippen molar-refractivity contribution in [1.29, 1.82) is 0 Å². The number of carbonyl (C=O) groups is 3. The van der Waals surface area contributed by atoms with E-state index in [-0.39, 0.29) is 25.2 Å². The molecule has 8 rings (SSSR count). The van der Waals surface area contributed by atoms with E-state index in [0.29, 0.717) is 19.3 Å². The molecule has 1 amide bonds. The number of hydrogen-bond acceptors (Lipinski definition) is 10. The Labute approximate surface area is 265 Å². The fraction of sp³-hybridized carbons (Fsp3) is 0.862. The third-order valence-corrected chi connectivity index (χ3v) is 12.6. The summed E-state index contributed by atoms with van der Waals surface area (Å²) in [5.74, 6) is -18.3. The second-order valence-electron chi connectivity index (χ2n) is 14.7. The molecule has 0 N–H and O–H groups in total. The van der Waals surface area contributed by atoms with Crippen LogP contribution in [0.25, 0.3) is 0 Å². The molecule has 11 nitrogen and oxygen atoms in total. The number of fused-ring (bicyclic) bond motifs is 1. The smallest absolute Gasteiger partial charge is 0.335 e. The van der Waals surface area contributed by atoms with Crippen LogP contribution < -0.4 is 0 Å². The Bertz CT molecular complexity index is 1460. The Morgan fingerprint density at radius 3 is 2.08 bits per heavy atom. The molecule has 0 aromatic carbocycles. The predicted octanol–water partition coefficient (Wildman–Crippen LogP) is 3.08. The van der Waals surface area contributed by atoms with E-state index in [2.05, 4.69) is 4.74 Å². The van der Waals surface area contributed by atoms with E-state index in [4.69, 9.17) is 14.2 Å². The minimum absolute atomic E-state index is 0. The second-order valence-corrected chi connectivity index (χ2v) is 16.2. The van der Waals surface area contributed by atoms with Gasteiger partial charge in [-0.2, -0.15) is 17.6 Å². The molecule has 2 aliphatic heterocycles. The molecule has 1 spiro atoms. The van der Waals surface area contributed by atoms with E-state index in [1.165, 1.54) is 4.90 Å². The summed E-state index contributed by atoms with van der Waals surface area (Å²) in [5.41, 5.74) is -1.15. The van der Waals surface area contributed by atoms with Crippen LogP contribution in [0.2, 0.25) is 0 Å². The van der Waals surface area contributed by atoms with Crippen LogP contribution in [0.15, 0.2) is 0 Å². The summed E-state index contributed by atoms with van der Waals surface area (Å²) < 4.78 is 139. The summed E-state index contributed by atoms with van der Waals surface area (Å²) in [5, 5.41) is -5.02. The Hall–Kier alpha value is -3.18. The molecule has 48 heavy (non-hydrogen) atoms. The standard InChI is InChI=1S/C29H34F6NO10S.Rf/c1-12(2)36-20-16-5-17(19(18(16)22(36)37)23(38)43-11-28(34,35)47(40,41)42)21(20)46-24(39)25-6-13-3-14(7-25)29(15(4-13)8-25)44-9-26(30,31)27(32,33)10-45-29;/h11-21H,3-10H2,1-2H3,(H,40,41,42);/q-1;/p-1. The maximum Gasteiger partial charge on any atom is 0.335 e. The molecule has 6 bridgehead atoms. The van der Waals surface area contributed by atoms with Gasteiger partial charge in [-0.25, -0.2) is 17.2 Å². The van der Waals surface area contributed by atoms with E-state index in [9.17, 15) is 53.7 Å². The number of alkyl halides is 6. The van der Waals surface area contributed by atoms with Gasteiger partial charge in [0.15, 0.2) is 5.79 Å². The average molecular weight is 969 g/mol. The molecule has 0 radical (unpaired) electrons. The van der Waals surface area contributed by atoms with Crippen molar-refractivity contribution < 1.29 is 72.6 Å². The molecule has 2 saturated heterocycles. The van der Waals surface area contributed by atoms with Crippen LogP contribution in [-0.2, 0) is 43.4 Å². The van der Waals surface area contributed by atoms with Gasteiger partial charge in [0.25, 0.3) is 11.2 Å². The molecular weight excluding hydrogens is 935 g/mol. The Kier molecular flexibility index (Phi) is 7.53. The zero-order chi connectivity index (χ0) is 34.3. The second kappa shape index (κ2) is 10.4. The first-order chi connectivity index (χ1) is 21.6.